The zero-order valence-corrected chi connectivity index (χ0v) is 19.8. The van der Waals surface area contributed by atoms with Crippen molar-refractivity contribution < 1.29 is 9.85 Å². The second-order valence-electron chi connectivity index (χ2n) is 8.78. The number of nitrogens with zero attached hydrogens (tertiary/aromatic N) is 2. The van der Waals surface area contributed by atoms with Gasteiger partial charge < -0.3 is 5.32 Å². The number of thioether (sulfide) groups is 1. The minimum absolute atomic E-state index is 0.00170. The summed E-state index contributed by atoms with van der Waals surface area (Å²) in [5, 5.41) is 26.5. The lowest BCUT2D eigenvalue weighted by molar-refractivity contribution is -0.387. The molecule has 5 rings (SSSR count). The summed E-state index contributed by atoms with van der Waals surface area (Å²) < 4.78 is 0. The van der Waals surface area contributed by atoms with Crippen molar-refractivity contribution in [3.8, 4) is 0 Å². The first kappa shape index (κ1) is 22.7. The van der Waals surface area contributed by atoms with Gasteiger partial charge in [0.2, 0.25) is 0 Å². The Kier molecular flexibility index (Phi) is 5.95. The number of hydrogen-bond acceptors (Lipinski definition) is 6. The van der Waals surface area contributed by atoms with Crippen LogP contribution < -0.4 is 5.32 Å². The molecule has 5 unspecified atom stereocenters. The van der Waals surface area contributed by atoms with E-state index in [1.807, 2.05) is 25.1 Å². The average Bonchev–Trinajstić information content (AvgIpc) is 3.15. The number of anilines is 1. The minimum Gasteiger partial charge on any atom is -0.377 e. The Labute approximate surface area is 205 Å². The third-order valence-electron chi connectivity index (χ3n) is 6.78. The van der Waals surface area contributed by atoms with E-state index in [0.717, 1.165) is 16.8 Å². The highest BCUT2D eigenvalue weighted by atomic mass is 35.5. The number of nitro benzene ring substituents is 2. The molecule has 174 valence electrons. The third-order valence-corrected chi connectivity index (χ3v) is 8.89. The van der Waals surface area contributed by atoms with Gasteiger partial charge in [-0.2, -0.15) is 0 Å². The molecule has 1 fully saturated rings. The van der Waals surface area contributed by atoms with E-state index in [1.54, 1.807) is 30.3 Å². The second kappa shape index (κ2) is 8.92. The van der Waals surface area contributed by atoms with Crippen LogP contribution in [-0.2, 0) is 0 Å². The van der Waals surface area contributed by atoms with Gasteiger partial charge in [-0.25, -0.2) is 0 Å². The van der Waals surface area contributed by atoms with Gasteiger partial charge in [-0.3, -0.25) is 20.2 Å². The van der Waals surface area contributed by atoms with E-state index in [-0.39, 0.29) is 49.7 Å². The Morgan fingerprint density at radius 2 is 1.62 bits per heavy atom. The van der Waals surface area contributed by atoms with Gasteiger partial charge in [0, 0.05) is 29.0 Å². The molecular weight excluding hydrogens is 474 g/mol. The van der Waals surface area contributed by atoms with Gasteiger partial charge in [-0.1, -0.05) is 48.0 Å². The SMILES string of the molecule is Cc1ccc2c(c1)C1C(Cl)C(Sc3ccccc3[N+](=O)[O-])CC1C(c1ccccc1[N+](=O)[O-])N2. The van der Waals surface area contributed by atoms with Crippen LogP contribution in [0.1, 0.15) is 35.1 Å². The van der Waals surface area contributed by atoms with Gasteiger partial charge >= 0.3 is 0 Å². The van der Waals surface area contributed by atoms with E-state index in [0.29, 0.717) is 16.9 Å². The lowest BCUT2D eigenvalue weighted by atomic mass is 9.76. The van der Waals surface area contributed by atoms with Crippen LogP contribution in [0.3, 0.4) is 0 Å². The Morgan fingerprint density at radius 1 is 0.941 bits per heavy atom. The summed E-state index contributed by atoms with van der Waals surface area (Å²) >= 11 is 8.55. The van der Waals surface area contributed by atoms with Crippen LogP contribution in [-0.4, -0.2) is 20.5 Å². The predicted octanol–water partition coefficient (Wildman–Crippen LogP) is 6.85. The molecule has 1 aliphatic carbocycles. The van der Waals surface area contributed by atoms with E-state index in [4.69, 9.17) is 11.6 Å². The van der Waals surface area contributed by atoms with Crippen LogP contribution >= 0.6 is 23.4 Å². The number of nitrogens with one attached hydrogen (secondary N) is 1. The van der Waals surface area contributed by atoms with Crippen LogP contribution in [0.15, 0.2) is 71.6 Å². The molecule has 0 spiro atoms. The maximum absolute atomic E-state index is 11.8. The van der Waals surface area contributed by atoms with Crippen molar-refractivity contribution in [1.29, 1.82) is 0 Å². The van der Waals surface area contributed by atoms with Gasteiger partial charge in [0.15, 0.2) is 0 Å². The standard InChI is InChI=1S/C25H22ClN3O4S/c1-14-10-11-18-16(12-14)23-17(25(27-18)15-6-2-3-7-19(15)28(30)31)13-22(24(23)26)34-21-9-5-4-8-20(21)29(32)33/h2-12,17,22-25,27H,13H2,1H3. The van der Waals surface area contributed by atoms with Crippen molar-refractivity contribution in [2.24, 2.45) is 5.92 Å². The molecule has 7 nitrogen and oxygen atoms in total. The average molecular weight is 496 g/mol. The van der Waals surface area contributed by atoms with Gasteiger partial charge in [0.25, 0.3) is 11.4 Å². The molecule has 9 heteroatoms. The zero-order valence-electron chi connectivity index (χ0n) is 18.3. The molecular formula is C25H22ClN3O4S. The van der Waals surface area contributed by atoms with Gasteiger partial charge in [-0.05, 0) is 37.0 Å². The summed E-state index contributed by atoms with van der Waals surface area (Å²) in [6.45, 7) is 2.03. The first-order valence-electron chi connectivity index (χ1n) is 11.0. The summed E-state index contributed by atoms with van der Waals surface area (Å²) in [6.07, 6.45) is 0.673. The van der Waals surface area contributed by atoms with Crippen molar-refractivity contribution in [1.82, 2.24) is 0 Å². The summed E-state index contributed by atoms with van der Waals surface area (Å²) in [6, 6.07) is 19.4. The number of hydrogen-bond donors (Lipinski definition) is 1. The molecule has 0 radical (unpaired) electrons. The molecule has 1 saturated carbocycles. The Hall–Kier alpha value is -3.10. The van der Waals surface area contributed by atoms with Crippen LogP contribution in [0.5, 0.6) is 0 Å². The Morgan fingerprint density at radius 3 is 2.35 bits per heavy atom. The maximum atomic E-state index is 11.8. The summed E-state index contributed by atoms with van der Waals surface area (Å²) in [4.78, 5) is 23.2. The van der Waals surface area contributed by atoms with Crippen molar-refractivity contribution >= 4 is 40.4 Å². The van der Waals surface area contributed by atoms with Crippen molar-refractivity contribution in [2.45, 2.75) is 40.8 Å². The largest absolute Gasteiger partial charge is 0.377 e. The molecule has 1 N–H and O–H groups in total. The highest BCUT2D eigenvalue weighted by molar-refractivity contribution is 8.00. The first-order chi connectivity index (χ1) is 16.3. The number of halogens is 1. The molecule has 34 heavy (non-hydrogen) atoms. The van der Waals surface area contributed by atoms with E-state index in [1.165, 1.54) is 23.9 Å². The molecule has 0 bridgehead atoms. The van der Waals surface area contributed by atoms with E-state index < -0.39 is 0 Å². The predicted molar refractivity (Wildman–Crippen MR) is 134 cm³/mol. The Balaban J connectivity index is 1.57. The van der Waals surface area contributed by atoms with Gasteiger partial charge in [0.1, 0.15) is 0 Å². The molecule has 5 atom stereocenters. The molecule has 1 heterocycles. The first-order valence-corrected chi connectivity index (χ1v) is 12.3. The van der Waals surface area contributed by atoms with Crippen LogP contribution in [0.25, 0.3) is 0 Å². The van der Waals surface area contributed by atoms with Crippen LogP contribution in [0.4, 0.5) is 17.1 Å². The lowest BCUT2D eigenvalue weighted by Crippen LogP contribution is -2.31. The fourth-order valence-electron chi connectivity index (χ4n) is 5.33. The molecule has 1 aliphatic heterocycles. The fraction of sp³-hybridized carbons (Fsp3) is 0.280. The Bertz CT molecular complexity index is 1290. The summed E-state index contributed by atoms with van der Waals surface area (Å²) in [5.41, 5.74) is 3.92. The second-order valence-corrected chi connectivity index (χ2v) is 10.6. The zero-order chi connectivity index (χ0) is 24.0. The van der Waals surface area contributed by atoms with E-state index in [2.05, 4.69) is 11.4 Å². The van der Waals surface area contributed by atoms with Crippen LogP contribution in [0, 0.1) is 33.1 Å². The molecule has 0 saturated heterocycles. The molecule has 0 amide bonds. The topological polar surface area (TPSA) is 98.3 Å². The quantitative estimate of drug-likeness (QED) is 0.236. The molecule has 3 aromatic rings. The molecule has 2 aliphatic rings. The number of para-hydroxylation sites is 2. The van der Waals surface area contributed by atoms with Gasteiger partial charge in [-0.15, -0.1) is 23.4 Å². The summed E-state index contributed by atoms with van der Waals surface area (Å²) in [7, 11) is 0. The minimum atomic E-state index is -0.371. The lowest BCUT2D eigenvalue weighted by Gasteiger charge is -2.38. The normalized spacial score (nSPS) is 25.2. The molecule has 3 aromatic carbocycles. The van der Waals surface area contributed by atoms with Crippen LogP contribution in [0.2, 0.25) is 0 Å². The number of alkyl halides is 1. The fourth-order valence-corrected chi connectivity index (χ4v) is 7.27. The third kappa shape index (κ3) is 3.91. The smallest absolute Gasteiger partial charge is 0.282 e. The number of rotatable bonds is 5. The van der Waals surface area contributed by atoms with E-state index in [9.17, 15) is 20.2 Å². The monoisotopic (exact) mass is 495 g/mol. The van der Waals surface area contributed by atoms with Crippen molar-refractivity contribution in [2.75, 3.05) is 5.32 Å². The molecule has 0 aromatic heterocycles. The number of fused-ring (bicyclic) bond motifs is 3. The summed E-state index contributed by atoms with van der Waals surface area (Å²) in [5.74, 6) is -0.0407. The van der Waals surface area contributed by atoms with E-state index >= 15 is 0 Å². The number of nitro groups is 2. The highest BCUT2D eigenvalue weighted by Crippen LogP contribution is 2.58. The highest BCUT2D eigenvalue weighted by Gasteiger charge is 2.51. The maximum Gasteiger partial charge on any atom is 0.282 e. The van der Waals surface area contributed by atoms with Gasteiger partial charge in [0.05, 0.1) is 31.7 Å². The van der Waals surface area contributed by atoms with Crippen molar-refractivity contribution in [3.63, 3.8) is 0 Å². The number of benzene rings is 3. The van der Waals surface area contributed by atoms with Crippen molar-refractivity contribution in [3.05, 3.63) is 104 Å². The number of aryl methyl sites for hydroxylation is 1.